The molecular weight excluding hydrogens is 356 g/mol. The number of para-hydroxylation sites is 1. The zero-order valence-electron chi connectivity index (χ0n) is 14.2. The average molecular weight is 376 g/mol. The molecule has 1 saturated carbocycles. The van der Waals surface area contributed by atoms with Crippen LogP contribution in [0.25, 0.3) is 10.9 Å². The predicted octanol–water partition coefficient (Wildman–Crippen LogP) is 1.50. The van der Waals surface area contributed by atoms with Crippen molar-refractivity contribution in [1.29, 1.82) is 0 Å². The van der Waals surface area contributed by atoms with Crippen molar-refractivity contribution < 1.29 is 22.7 Å². The summed E-state index contributed by atoms with van der Waals surface area (Å²) in [4.78, 5) is 29.4. The van der Waals surface area contributed by atoms with Crippen LogP contribution in [0.4, 0.5) is 0 Å². The summed E-state index contributed by atoms with van der Waals surface area (Å²) in [6.45, 7) is -0.374. The van der Waals surface area contributed by atoms with Gasteiger partial charge in [0, 0.05) is 23.0 Å². The third-order valence-electron chi connectivity index (χ3n) is 4.91. The summed E-state index contributed by atoms with van der Waals surface area (Å²) >= 11 is 0. The number of hydrogen-bond acceptors (Lipinski definition) is 5. The fraction of sp³-hybridized carbons (Fsp3) is 0.444. The summed E-state index contributed by atoms with van der Waals surface area (Å²) in [5.41, 5.74) is 1.11. The molecule has 26 heavy (non-hydrogen) atoms. The Labute approximate surface area is 151 Å². The maximum Gasteiger partial charge on any atom is 0.355 e. The van der Waals surface area contributed by atoms with Gasteiger partial charge in [-0.25, -0.2) is 13.2 Å². The molecule has 1 N–H and O–H groups in total. The van der Waals surface area contributed by atoms with Crippen LogP contribution in [-0.4, -0.2) is 60.4 Å². The molecule has 138 valence electrons. The Morgan fingerprint density at radius 1 is 1.15 bits per heavy atom. The van der Waals surface area contributed by atoms with E-state index >= 15 is 0 Å². The van der Waals surface area contributed by atoms with Gasteiger partial charge in [0.1, 0.15) is 5.69 Å². The molecule has 1 aromatic carbocycles. The molecule has 1 saturated heterocycles. The number of esters is 1. The van der Waals surface area contributed by atoms with E-state index in [4.69, 9.17) is 4.74 Å². The van der Waals surface area contributed by atoms with Gasteiger partial charge in [-0.3, -0.25) is 4.79 Å². The van der Waals surface area contributed by atoms with Gasteiger partial charge in [-0.15, -0.1) is 0 Å². The van der Waals surface area contributed by atoms with Crippen molar-refractivity contribution in [3.8, 4) is 0 Å². The SMILES string of the molecule is O=C(OCC(=O)N(C1CC1)[C@H]1CCS(=O)(=O)C1)c1cc2ccccc2[nH]1. The van der Waals surface area contributed by atoms with E-state index in [9.17, 15) is 18.0 Å². The smallest absolute Gasteiger partial charge is 0.355 e. The lowest BCUT2D eigenvalue weighted by atomic mass is 10.2. The normalized spacial score (nSPS) is 21.6. The number of hydrogen-bond donors (Lipinski definition) is 1. The molecule has 1 aliphatic heterocycles. The van der Waals surface area contributed by atoms with E-state index in [1.807, 2.05) is 24.3 Å². The zero-order valence-corrected chi connectivity index (χ0v) is 15.0. The van der Waals surface area contributed by atoms with Crippen LogP contribution >= 0.6 is 0 Å². The summed E-state index contributed by atoms with van der Waals surface area (Å²) in [6.07, 6.45) is 2.21. The summed E-state index contributed by atoms with van der Waals surface area (Å²) in [5, 5.41) is 0.890. The first-order valence-corrected chi connectivity index (χ1v) is 10.5. The van der Waals surface area contributed by atoms with Crippen LogP contribution < -0.4 is 0 Å². The number of nitrogens with one attached hydrogen (secondary N) is 1. The number of sulfone groups is 1. The summed E-state index contributed by atoms with van der Waals surface area (Å²) in [6, 6.07) is 8.93. The third-order valence-corrected chi connectivity index (χ3v) is 6.66. The highest BCUT2D eigenvalue weighted by Crippen LogP contribution is 2.32. The van der Waals surface area contributed by atoms with E-state index in [0.717, 1.165) is 23.7 Å². The van der Waals surface area contributed by atoms with Gasteiger partial charge in [-0.05, 0) is 31.4 Å². The first-order valence-electron chi connectivity index (χ1n) is 8.69. The minimum Gasteiger partial charge on any atom is -0.451 e. The van der Waals surface area contributed by atoms with Gasteiger partial charge in [-0.2, -0.15) is 0 Å². The maximum atomic E-state index is 12.6. The van der Waals surface area contributed by atoms with Crippen LogP contribution in [0, 0.1) is 0 Å². The van der Waals surface area contributed by atoms with Crippen molar-refractivity contribution in [2.45, 2.75) is 31.3 Å². The molecule has 0 unspecified atom stereocenters. The van der Waals surface area contributed by atoms with Gasteiger partial charge in [0.05, 0.1) is 11.5 Å². The summed E-state index contributed by atoms with van der Waals surface area (Å²) < 4.78 is 28.6. The lowest BCUT2D eigenvalue weighted by molar-refractivity contribution is -0.137. The molecule has 2 heterocycles. The number of ether oxygens (including phenoxy) is 1. The minimum absolute atomic E-state index is 0.00516. The fourth-order valence-electron chi connectivity index (χ4n) is 3.52. The molecule has 7 nitrogen and oxygen atoms in total. The Bertz CT molecular complexity index is 928. The topological polar surface area (TPSA) is 96.5 Å². The first kappa shape index (κ1) is 17.1. The van der Waals surface area contributed by atoms with Crippen molar-refractivity contribution in [1.82, 2.24) is 9.88 Å². The molecule has 2 fully saturated rings. The predicted molar refractivity (Wildman–Crippen MR) is 95.5 cm³/mol. The largest absolute Gasteiger partial charge is 0.451 e. The molecule has 1 amide bonds. The molecule has 1 aliphatic carbocycles. The zero-order chi connectivity index (χ0) is 18.3. The van der Waals surface area contributed by atoms with Gasteiger partial charge in [0.2, 0.25) is 0 Å². The second kappa shape index (κ2) is 6.42. The van der Waals surface area contributed by atoms with Crippen LogP contribution in [0.15, 0.2) is 30.3 Å². The Morgan fingerprint density at radius 2 is 1.92 bits per heavy atom. The lowest BCUT2D eigenvalue weighted by Gasteiger charge is -2.28. The number of rotatable bonds is 5. The molecule has 1 atom stereocenters. The Kier molecular flexibility index (Phi) is 4.22. The molecule has 0 bridgehead atoms. The summed E-state index contributed by atoms with van der Waals surface area (Å²) in [5.74, 6) is -0.794. The van der Waals surface area contributed by atoms with E-state index in [1.54, 1.807) is 11.0 Å². The van der Waals surface area contributed by atoms with Crippen LogP contribution in [-0.2, 0) is 19.4 Å². The second-order valence-corrected chi connectivity index (χ2v) is 9.16. The van der Waals surface area contributed by atoms with E-state index < -0.39 is 15.8 Å². The van der Waals surface area contributed by atoms with E-state index in [0.29, 0.717) is 12.1 Å². The van der Waals surface area contributed by atoms with Crippen molar-refractivity contribution in [3.05, 3.63) is 36.0 Å². The number of nitrogens with zero attached hydrogens (tertiary/aromatic N) is 1. The number of benzene rings is 1. The van der Waals surface area contributed by atoms with Crippen molar-refractivity contribution in [2.75, 3.05) is 18.1 Å². The highest BCUT2D eigenvalue weighted by Gasteiger charge is 2.42. The van der Waals surface area contributed by atoms with E-state index in [2.05, 4.69) is 4.98 Å². The standard InChI is InChI=1S/C18H20N2O5S/c21-17(20(13-5-6-13)14-7-8-26(23,24)11-14)10-25-18(22)16-9-12-3-1-2-4-15(12)19-16/h1-4,9,13-14,19H,5-8,10-11H2/t14-/m0/s1. The number of amides is 1. The molecule has 0 spiro atoms. The van der Waals surface area contributed by atoms with Crippen LogP contribution in [0.5, 0.6) is 0 Å². The van der Waals surface area contributed by atoms with Crippen LogP contribution in [0.3, 0.4) is 0 Å². The summed E-state index contributed by atoms with van der Waals surface area (Å²) in [7, 11) is -3.08. The average Bonchev–Trinajstić information content (AvgIpc) is 3.22. The number of carbonyl (C=O) groups is 2. The van der Waals surface area contributed by atoms with Gasteiger partial charge in [0.15, 0.2) is 16.4 Å². The van der Waals surface area contributed by atoms with Gasteiger partial charge in [0.25, 0.3) is 5.91 Å². The van der Waals surface area contributed by atoms with Gasteiger partial charge >= 0.3 is 5.97 Å². The van der Waals surface area contributed by atoms with E-state index in [-0.39, 0.29) is 36.1 Å². The fourth-order valence-corrected chi connectivity index (χ4v) is 5.23. The third kappa shape index (κ3) is 3.46. The van der Waals surface area contributed by atoms with Crippen molar-refractivity contribution in [3.63, 3.8) is 0 Å². The molecule has 2 aliphatic rings. The Balaban J connectivity index is 1.41. The number of aromatic amines is 1. The second-order valence-electron chi connectivity index (χ2n) is 6.94. The molecule has 1 aromatic heterocycles. The van der Waals surface area contributed by atoms with Gasteiger partial charge < -0.3 is 14.6 Å². The van der Waals surface area contributed by atoms with Crippen LogP contribution in [0.1, 0.15) is 29.8 Å². The quantitative estimate of drug-likeness (QED) is 0.798. The lowest BCUT2D eigenvalue weighted by Crippen LogP contribution is -2.44. The number of H-pyrrole nitrogens is 1. The highest BCUT2D eigenvalue weighted by molar-refractivity contribution is 7.91. The molecule has 0 radical (unpaired) electrons. The van der Waals surface area contributed by atoms with Crippen molar-refractivity contribution in [2.24, 2.45) is 0 Å². The Morgan fingerprint density at radius 3 is 2.58 bits per heavy atom. The van der Waals surface area contributed by atoms with Crippen LogP contribution in [0.2, 0.25) is 0 Å². The molecule has 8 heteroatoms. The maximum absolute atomic E-state index is 12.6. The minimum atomic E-state index is -3.08. The van der Waals surface area contributed by atoms with E-state index in [1.165, 1.54) is 0 Å². The Hall–Kier alpha value is -2.35. The highest BCUT2D eigenvalue weighted by atomic mass is 32.2. The number of aromatic nitrogens is 1. The first-order chi connectivity index (χ1) is 12.4. The monoisotopic (exact) mass is 376 g/mol. The number of fused-ring (bicyclic) bond motifs is 1. The van der Waals surface area contributed by atoms with Gasteiger partial charge in [-0.1, -0.05) is 18.2 Å². The van der Waals surface area contributed by atoms with Crippen molar-refractivity contribution >= 4 is 32.6 Å². The molecular formula is C18H20N2O5S. The molecule has 4 rings (SSSR count). The number of carbonyl (C=O) groups excluding carboxylic acids is 2. The molecule has 2 aromatic rings.